The minimum atomic E-state index is 0.288. The highest BCUT2D eigenvalue weighted by Crippen LogP contribution is 2.27. The van der Waals surface area contributed by atoms with E-state index in [4.69, 9.17) is 0 Å². The van der Waals surface area contributed by atoms with E-state index in [2.05, 4.69) is 52.0 Å². The molecule has 0 fully saturated rings. The van der Waals surface area contributed by atoms with Gasteiger partial charge in [-0.2, -0.15) is 0 Å². The summed E-state index contributed by atoms with van der Waals surface area (Å²) in [6.07, 6.45) is 1.91. The van der Waals surface area contributed by atoms with Crippen molar-refractivity contribution >= 4 is 21.8 Å². The standard InChI is InChI=1S/C24H18N2O/c27-22-11-9-18(10-12-22)20-8-7-19-13-17(5-6-21(19)14-20)15-26-16-25-23-3-1-2-4-24(23)26/h1-14,16,27H,15H2. The Morgan fingerprint density at radius 3 is 2.37 bits per heavy atom. The maximum Gasteiger partial charge on any atom is 0.115 e. The van der Waals surface area contributed by atoms with E-state index in [-0.39, 0.29) is 5.75 Å². The zero-order valence-electron chi connectivity index (χ0n) is 14.7. The molecule has 27 heavy (non-hydrogen) atoms. The third-order valence-corrected chi connectivity index (χ3v) is 4.99. The minimum absolute atomic E-state index is 0.288. The van der Waals surface area contributed by atoms with Gasteiger partial charge in [0.25, 0.3) is 0 Å². The highest BCUT2D eigenvalue weighted by Gasteiger charge is 2.05. The number of aromatic nitrogens is 2. The van der Waals surface area contributed by atoms with Gasteiger partial charge in [0.2, 0.25) is 0 Å². The molecule has 1 heterocycles. The summed E-state index contributed by atoms with van der Waals surface area (Å²) in [5, 5.41) is 11.9. The fraction of sp³-hybridized carbons (Fsp3) is 0.0417. The number of para-hydroxylation sites is 2. The van der Waals surface area contributed by atoms with Crippen molar-refractivity contribution < 1.29 is 5.11 Å². The maximum absolute atomic E-state index is 9.47. The highest BCUT2D eigenvalue weighted by molar-refractivity contribution is 5.88. The first-order valence-corrected chi connectivity index (χ1v) is 8.98. The van der Waals surface area contributed by atoms with Crippen molar-refractivity contribution in [1.82, 2.24) is 9.55 Å². The first-order chi connectivity index (χ1) is 13.3. The van der Waals surface area contributed by atoms with Crippen LogP contribution in [0.25, 0.3) is 32.9 Å². The second kappa shape index (κ2) is 6.29. The zero-order valence-corrected chi connectivity index (χ0v) is 14.7. The molecule has 0 aliphatic carbocycles. The Hall–Kier alpha value is -3.59. The minimum Gasteiger partial charge on any atom is -0.508 e. The van der Waals surface area contributed by atoms with Crippen molar-refractivity contribution in [1.29, 1.82) is 0 Å². The number of hydrogen-bond donors (Lipinski definition) is 1. The lowest BCUT2D eigenvalue weighted by Gasteiger charge is -2.08. The van der Waals surface area contributed by atoms with E-state index >= 15 is 0 Å². The average Bonchev–Trinajstić information content (AvgIpc) is 3.11. The summed E-state index contributed by atoms with van der Waals surface area (Å²) < 4.78 is 2.18. The number of phenolic OH excluding ortho intramolecular Hbond substituents is 1. The van der Waals surface area contributed by atoms with Crippen LogP contribution in [0, 0.1) is 0 Å². The largest absolute Gasteiger partial charge is 0.508 e. The molecule has 0 aliphatic rings. The topological polar surface area (TPSA) is 38.0 Å². The molecule has 3 nitrogen and oxygen atoms in total. The molecule has 0 saturated carbocycles. The Labute approximate surface area is 157 Å². The maximum atomic E-state index is 9.47. The third-order valence-electron chi connectivity index (χ3n) is 4.99. The number of nitrogens with zero attached hydrogens (tertiary/aromatic N) is 2. The van der Waals surface area contributed by atoms with Crippen molar-refractivity contribution in [2.24, 2.45) is 0 Å². The Bertz CT molecular complexity index is 1250. The number of benzene rings is 4. The fourth-order valence-corrected chi connectivity index (χ4v) is 3.56. The van der Waals surface area contributed by atoms with Crippen LogP contribution in [0.15, 0.2) is 91.3 Å². The molecular weight excluding hydrogens is 332 g/mol. The van der Waals surface area contributed by atoms with Gasteiger partial charge in [0.05, 0.1) is 17.4 Å². The van der Waals surface area contributed by atoms with Crippen molar-refractivity contribution in [2.45, 2.75) is 6.54 Å². The number of hydrogen-bond acceptors (Lipinski definition) is 2. The van der Waals surface area contributed by atoms with Gasteiger partial charge < -0.3 is 9.67 Å². The predicted octanol–water partition coefficient (Wildman–Crippen LogP) is 5.61. The molecular formula is C24H18N2O. The first-order valence-electron chi connectivity index (χ1n) is 8.98. The average molecular weight is 350 g/mol. The molecule has 3 heteroatoms. The molecule has 0 amide bonds. The lowest BCUT2D eigenvalue weighted by atomic mass is 10.00. The molecule has 0 saturated heterocycles. The van der Waals surface area contributed by atoms with E-state index in [0.29, 0.717) is 0 Å². The fourth-order valence-electron chi connectivity index (χ4n) is 3.56. The van der Waals surface area contributed by atoms with Crippen LogP contribution in [0.1, 0.15) is 5.56 Å². The van der Waals surface area contributed by atoms with Crippen LogP contribution in [-0.2, 0) is 6.54 Å². The van der Waals surface area contributed by atoms with Crippen LogP contribution in [0.2, 0.25) is 0 Å². The summed E-state index contributed by atoms with van der Waals surface area (Å²) in [5.74, 6) is 0.288. The quantitative estimate of drug-likeness (QED) is 0.459. The van der Waals surface area contributed by atoms with Crippen LogP contribution < -0.4 is 0 Å². The SMILES string of the molecule is Oc1ccc(-c2ccc3cc(Cn4cnc5ccccc54)ccc3c2)cc1. The van der Waals surface area contributed by atoms with E-state index in [1.807, 2.05) is 36.7 Å². The predicted molar refractivity (Wildman–Crippen MR) is 110 cm³/mol. The monoisotopic (exact) mass is 350 g/mol. The summed E-state index contributed by atoms with van der Waals surface area (Å²) in [6.45, 7) is 0.802. The first kappa shape index (κ1) is 15.6. The molecule has 0 atom stereocenters. The molecule has 5 rings (SSSR count). The molecule has 4 aromatic carbocycles. The Kier molecular flexibility index (Phi) is 3.65. The van der Waals surface area contributed by atoms with Crippen LogP contribution in [0.4, 0.5) is 0 Å². The molecule has 5 aromatic rings. The number of rotatable bonds is 3. The van der Waals surface area contributed by atoms with Gasteiger partial charge >= 0.3 is 0 Å². The van der Waals surface area contributed by atoms with E-state index in [9.17, 15) is 5.11 Å². The Morgan fingerprint density at radius 1 is 0.741 bits per heavy atom. The van der Waals surface area contributed by atoms with Crippen LogP contribution in [0.3, 0.4) is 0 Å². The van der Waals surface area contributed by atoms with Gasteiger partial charge in [0.15, 0.2) is 0 Å². The Balaban J connectivity index is 1.48. The summed E-state index contributed by atoms with van der Waals surface area (Å²) in [6, 6.07) is 28.6. The third kappa shape index (κ3) is 2.93. The number of phenols is 1. The summed E-state index contributed by atoms with van der Waals surface area (Å²) in [4.78, 5) is 4.47. The van der Waals surface area contributed by atoms with Crippen LogP contribution in [0.5, 0.6) is 5.75 Å². The normalized spacial score (nSPS) is 11.3. The van der Waals surface area contributed by atoms with Gasteiger partial charge in [-0.3, -0.25) is 0 Å². The molecule has 130 valence electrons. The van der Waals surface area contributed by atoms with E-state index in [1.54, 1.807) is 12.1 Å². The summed E-state index contributed by atoms with van der Waals surface area (Å²) >= 11 is 0. The number of fused-ring (bicyclic) bond motifs is 2. The molecule has 0 unspecified atom stereocenters. The van der Waals surface area contributed by atoms with Gasteiger partial charge in [-0.05, 0) is 63.9 Å². The molecule has 1 aromatic heterocycles. The second-order valence-corrected chi connectivity index (χ2v) is 6.80. The van der Waals surface area contributed by atoms with Gasteiger partial charge in [0, 0.05) is 6.54 Å². The van der Waals surface area contributed by atoms with Crippen molar-refractivity contribution in [3.05, 3.63) is 96.8 Å². The summed E-state index contributed by atoms with van der Waals surface area (Å²) in [7, 11) is 0. The van der Waals surface area contributed by atoms with Gasteiger partial charge in [-0.1, -0.05) is 48.5 Å². The molecule has 0 spiro atoms. The van der Waals surface area contributed by atoms with E-state index < -0.39 is 0 Å². The Morgan fingerprint density at radius 2 is 1.48 bits per heavy atom. The van der Waals surface area contributed by atoms with Crippen LogP contribution >= 0.6 is 0 Å². The summed E-state index contributed by atoms with van der Waals surface area (Å²) in [5.41, 5.74) is 5.68. The molecule has 0 radical (unpaired) electrons. The molecule has 1 N–H and O–H groups in total. The lowest BCUT2D eigenvalue weighted by molar-refractivity contribution is 0.475. The number of imidazole rings is 1. The van der Waals surface area contributed by atoms with Gasteiger partial charge in [-0.15, -0.1) is 0 Å². The van der Waals surface area contributed by atoms with E-state index in [1.165, 1.54) is 16.3 Å². The van der Waals surface area contributed by atoms with Crippen molar-refractivity contribution in [2.75, 3.05) is 0 Å². The smallest absolute Gasteiger partial charge is 0.115 e. The molecule has 0 bridgehead atoms. The molecule has 0 aliphatic heterocycles. The van der Waals surface area contributed by atoms with Gasteiger partial charge in [-0.25, -0.2) is 4.98 Å². The van der Waals surface area contributed by atoms with Crippen LogP contribution in [-0.4, -0.2) is 14.7 Å². The van der Waals surface area contributed by atoms with Crippen molar-refractivity contribution in [3.8, 4) is 16.9 Å². The zero-order chi connectivity index (χ0) is 18.2. The van der Waals surface area contributed by atoms with Crippen molar-refractivity contribution in [3.63, 3.8) is 0 Å². The number of aromatic hydroxyl groups is 1. The highest BCUT2D eigenvalue weighted by atomic mass is 16.3. The van der Waals surface area contributed by atoms with Gasteiger partial charge in [0.1, 0.15) is 5.75 Å². The lowest BCUT2D eigenvalue weighted by Crippen LogP contribution is -1.97. The van der Waals surface area contributed by atoms with E-state index in [0.717, 1.165) is 28.7 Å². The second-order valence-electron chi connectivity index (χ2n) is 6.80.